The first-order valence-corrected chi connectivity index (χ1v) is 9.53. The van der Waals surface area contributed by atoms with E-state index in [1.54, 1.807) is 13.0 Å². The summed E-state index contributed by atoms with van der Waals surface area (Å²) in [4.78, 5) is 23.6. The highest BCUT2D eigenvalue weighted by Gasteiger charge is 2.30. The molecule has 1 aliphatic rings. The highest BCUT2D eigenvalue weighted by Crippen LogP contribution is 2.40. The molecule has 4 nitrogen and oxygen atoms in total. The van der Waals surface area contributed by atoms with Gasteiger partial charge in [-0.2, -0.15) is 0 Å². The Hall–Kier alpha value is -2.10. The van der Waals surface area contributed by atoms with Crippen LogP contribution in [0.4, 0.5) is 0 Å². The average molecular weight is 375 g/mol. The molecule has 150 valence electrons. The average Bonchev–Trinajstić information content (AvgIpc) is 2.60. The zero-order chi connectivity index (χ0) is 20.6. The van der Waals surface area contributed by atoms with Crippen LogP contribution in [0.15, 0.2) is 47.1 Å². The van der Waals surface area contributed by atoms with Gasteiger partial charge in [0, 0.05) is 0 Å². The second-order valence-electron chi connectivity index (χ2n) is 7.92. The normalized spacial score (nSPS) is 19.0. The Balaban J connectivity index is 2.85. The fourth-order valence-electron chi connectivity index (χ4n) is 3.51. The molecule has 0 saturated carbocycles. The van der Waals surface area contributed by atoms with Gasteiger partial charge >= 0.3 is 11.9 Å². The highest BCUT2D eigenvalue weighted by atomic mass is 16.5. The SMILES string of the molecule is COC(=O)C(C(=O)OC)/C(C)=C/C=C/C(C)/C=C/C1=C(C)CCCC1(C)C. The van der Waals surface area contributed by atoms with Crippen molar-refractivity contribution in [3.8, 4) is 0 Å². The van der Waals surface area contributed by atoms with E-state index in [-0.39, 0.29) is 11.3 Å². The van der Waals surface area contributed by atoms with E-state index in [9.17, 15) is 9.59 Å². The number of methoxy groups -OCH3 is 2. The van der Waals surface area contributed by atoms with Gasteiger partial charge < -0.3 is 9.47 Å². The Morgan fingerprint density at radius 1 is 1.11 bits per heavy atom. The van der Waals surface area contributed by atoms with Gasteiger partial charge in [-0.3, -0.25) is 9.59 Å². The molecule has 0 spiro atoms. The Kier molecular flexibility index (Phi) is 8.74. The first-order valence-electron chi connectivity index (χ1n) is 9.53. The third kappa shape index (κ3) is 6.53. The van der Waals surface area contributed by atoms with Crippen molar-refractivity contribution in [2.45, 2.75) is 53.9 Å². The summed E-state index contributed by atoms with van der Waals surface area (Å²) in [5.41, 5.74) is 3.74. The van der Waals surface area contributed by atoms with E-state index in [2.05, 4.69) is 39.8 Å². The predicted molar refractivity (Wildman–Crippen MR) is 109 cm³/mol. The van der Waals surface area contributed by atoms with Gasteiger partial charge in [0.05, 0.1) is 14.2 Å². The van der Waals surface area contributed by atoms with Crippen molar-refractivity contribution in [2.24, 2.45) is 17.3 Å². The van der Waals surface area contributed by atoms with Crippen LogP contribution >= 0.6 is 0 Å². The van der Waals surface area contributed by atoms with E-state index >= 15 is 0 Å². The molecule has 0 N–H and O–H groups in total. The molecular weight excluding hydrogens is 340 g/mol. The molecule has 0 saturated heterocycles. The Bertz CT molecular complexity index is 646. The van der Waals surface area contributed by atoms with Gasteiger partial charge in [-0.1, -0.05) is 56.7 Å². The van der Waals surface area contributed by atoms with Gasteiger partial charge in [0.15, 0.2) is 5.92 Å². The van der Waals surface area contributed by atoms with Gasteiger partial charge in [-0.15, -0.1) is 0 Å². The summed E-state index contributed by atoms with van der Waals surface area (Å²) in [7, 11) is 2.52. The molecule has 0 heterocycles. The summed E-state index contributed by atoms with van der Waals surface area (Å²) < 4.78 is 9.40. The maximum atomic E-state index is 11.8. The summed E-state index contributed by atoms with van der Waals surface area (Å²) in [5.74, 6) is -2.01. The number of rotatable bonds is 7. The summed E-state index contributed by atoms with van der Waals surface area (Å²) in [6.45, 7) is 10.7. The minimum absolute atomic E-state index is 0.229. The molecule has 4 heteroatoms. The molecule has 1 rings (SSSR count). The second kappa shape index (κ2) is 10.3. The molecule has 1 atom stereocenters. The van der Waals surface area contributed by atoms with Crippen LogP contribution in [0, 0.1) is 17.3 Å². The Morgan fingerprint density at radius 3 is 2.22 bits per heavy atom. The third-order valence-corrected chi connectivity index (χ3v) is 5.21. The number of allylic oxidation sites excluding steroid dienone is 7. The summed E-state index contributed by atoms with van der Waals surface area (Å²) in [6, 6.07) is 0. The van der Waals surface area contributed by atoms with Crippen LogP contribution in [-0.4, -0.2) is 26.2 Å². The summed E-state index contributed by atoms with van der Waals surface area (Å²) in [5, 5.41) is 0. The van der Waals surface area contributed by atoms with Crippen LogP contribution in [-0.2, 0) is 19.1 Å². The first-order chi connectivity index (χ1) is 12.6. The van der Waals surface area contributed by atoms with Crippen molar-refractivity contribution >= 4 is 11.9 Å². The lowest BCUT2D eigenvalue weighted by molar-refractivity contribution is -0.156. The number of hydrogen-bond donors (Lipinski definition) is 0. The lowest BCUT2D eigenvalue weighted by Gasteiger charge is -2.33. The van der Waals surface area contributed by atoms with E-state index in [1.807, 2.05) is 12.2 Å². The van der Waals surface area contributed by atoms with Crippen molar-refractivity contribution in [1.82, 2.24) is 0 Å². The van der Waals surface area contributed by atoms with Crippen molar-refractivity contribution in [2.75, 3.05) is 14.2 Å². The molecule has 0 amide bonds. The van der Waals surface area contributed by atoms with E-state index in [1.165, 1.54) is 44.6 Å². The van der Waals surface area contributed by atoms with Gasteiger partial charge in [0.1, 0.15) is 0 Å². The molecule has 1 unspecified atom stereocenters. The monoisotopic (exact) mass is 374 g/mol. The number of carbonyl (C=O) groups is 2. The Morgan fingerprint density at radius 2 is 1.70 bits per heavy atom. The zero-order valence-corrected chi connectivity index (χ0v) is 17.8. The molecule has 0 aromatic heterocycles. The molecule has 0 radical (unpaired) electrons. The summed E-state index contributed by atoms with van der Waals surface area (Å²) in [6.07, 6.45) is 13.8. The Labute approximate surface area is 164 Å². The standard InChI is InChI=1S/C23H34O4/c1-16(13-14-19-17(2)12-9-15-23(19,4)5)10-8-11-18(3)20(21(24)26-6)22(25)27-7/h8,10-11,13-14,16,20H,9,12,15H2,1-7H3/b10-8+,14-13+,18-11+. The molecule has 27 heavy (non-hydrogen) atoms. The van der Waals surface area contributed by atoms with Crippen LogP contribution in [0.2, 0.25) is 0 Å². The van der Waals surface area contributed by atoms with E-state index in [4.69, 9.17) is 9.47 Å². The van der Waals surface area contributed by atoms with E-state index < -0.39 is 17.9 Å². The van der Waals surface area contributed by atoms with Gasteiger partial charge in [0.2, 0.25) is 0 Å². The second-order valence-corrected chi connectivity index (χ2v) is 7.92. The summed E-state index contributed by atoms with van der Waals surface area (Å²) >= 11 is 0. The zero-order valence-electron chi connectivity index (χ0n) is 17.8. The van der Waals surface area contributed by atoms with E-state index in [0.717, 1.165) is 0 Å². The largest absolute Gasteiger partial charge is 0.468 e. The van der Waals surface area contributed by atoms with Crippen LogP contribution < -0.4 is 0 Å². The quantitative estimate of drug-likeness (QED) is 0.350. The molecule has 1 aliphatic carbocycles. The number of ether oxygens (including phenoxy) is 2. The molecule has 0 aromatic carbocycles. The van der Waals surface area contributed by atoms with Crippen LogP contribution in [0.3, 0.4) is 0 Å². The van der Waals surface area contributed by atoms with Crippen molar-refractivity contribution in [3.05, 3.63) is 47.1 Å². The molecule has 0 aromatic rings. The highest BCUT2D eigenvalue weighted by molar-refractivity contribution is 5.98. The van der Waals surface area contributed by atoms with Crippen LogP contribution in [0.5, 0.6) is 0 Å². The predicted octanol–water partition coefficient (Wildman–Crippen LogP) is 5.17. The van der Waals surface area contributed by atoms with Gasteiger partial charge in [0.25, 0.3) is 0 Å². The van der Waals surface area contributed by atoms with Gasteiger partial charge in [-0.25, -0.2) is 0 Å². The minimum Gasteiger partial charge on any atom is -0.468 e. The maximum absolute atomic E-state index is 11.8. The van der Waals surface area contributed by atoms with Crippen molar-refractivity contribution in [1.29, 1.82) is 0 Å². The topological polar surface area (TPSA) is 52.6 Å². The molecule has 0 bridgehead atoms. The lowest BCUT2D eigenvalue weighted by atomic mass is 9.72. The lowest BCUT2D eigenvalue weighted by Crippen LogP contribution is -2.27. The number of esters is 2. The third-order valence-electron chi connectivity index (χ3n) is 5.21. The fraction of sp³-hybridized carbons (Fsp3) is 0.565. The maximum Gasteiger partial charge on any atom is 0.324 e. The molecular formula is C23H34O4. The number of carbonyl (C=O) groups excluding carboxylic acids is 2. The van der Waals surface area contributed by atoms with Crippen LogP contribution in [0.25, 0.3) is 0 Å². The first kappa shape index (κ1) is 22.9. The van der Waals surface area contributed by atoms with Gasteiger partial charge in [-0.05, 0) is 55.6 Å². The fourth-order valence-corrected chi connectivity index (χ4v) is 3.51. The van der Waals surface area contributed by atoms with Crippen molar-refractivity contribution < 1.29 is 19.1 Å². The molecule has 0 aliphatic heterocycles. The van der Waals surface area contributed by atoms with Crippen LogP contribution in [0.1, 0.15) is 53.9 Å². The smallest absolute Gasteiger partial charge is 0.324 e. The molecule has 0 fully saturated rings. The number of hydrogen-bond acceptors (Lipinski definition) is 4. The van der Waals surface area contributed by atoms with Crippen molar-refractivity contribution in [3.63, 3.8) is 0 Å². The minimum atomic E-state index is -1.02. The van der Waals surface area contributed by atoms with E-state index in [0.29, 0.717) is 5.57 Å².